The third kappa shape index (κ3) is 1.89. The van der Waals surface area contributed by atoms with Crippen LogP contribution in [0.15, 0.2) is 16.9 Å². The van der Waals surface area contributed by atoms with Gasteiger partial charge in [-0.15, -0.1) is 0 Å². The molecule has 5 nitrogen and oxygen atoms in total. The standard InChI is InChI=1S/C8H10BrN3O2/c9-7-1-10-12(5-7)4-6-2-11(3-6)8(13)14/h1,5-6H,2-4H2,(H,13,14). The first kappa shape index (κ1) is 9.51. The Labute approximate surface area is 89.4 Å². The van der Waals surface area contributed by atoms with Gasteiger partial charge in [-0.25, -0.2) is 4.79 Å². The van der Waals surface area contributed by atoms with E-state index in [1.807, 2.05) is 10.9 Å². The lowest BCUT2D eigenvalue weighted by molar-refractivity contribution is 0.0731. The maximum absolute atomic E-state index is 10.5. The van der Waals surface area contributed by atoms with Crippen LogP contribution in [-0.4, -0.2) is 39.0 Å². The van der Waals surface area contributed by atoms with Crippen LogP contribution in [-0.2, 0) is 6.54 Å². The lowest BCUT2D eigenvalue weighted by Crippen LogP contribution is -2.50. The summed E-state index contributed by atoms with van der Waals surface area (Å²) in [4.78, 5) is 11.9. The molecule has 2 rings (SSSR count). The number of carbonyl (C=O) groups is 1. The molecule has 0 spiro atoms. The summed E-state index contributed by atoms with van der Waals surface area (Å²) in [6.45, 7) is 2.02. The topological polar surface area (TPSA) is 58.4 Å². The normalized spacial score (nSPS) is 16.8. The lowest BCUT2D eigenvalue weighted by Gasteiger charge is -2.36. The number of hydrogen-bond acceptors (Lipinski definition) is 2. The van der Waals surface area contributed by atoms with Crippen LogP contribution < -0.4 is 0 Å². The quantitative estimate of drug-likeness (QED) is 0.870. The zero-order valence-corrected chi connectivity index (χ0v) is 9.01. The van der Waals surface area contributed by atoms with Crippen LogP contribution in [0.2, 0.25) is 0 Å². The van der Waals surface area contributed by atoms with E-state index in [2.05, 4.69) is 21.0 Å². The van der Waals surface area contributed by atoms with Crippen molar-refractivity contribution in [1.29, 1.82) is 0 Å². The second-order valence-corrected chi connectivity index (χ2v) is 4.35. The Morgan fingerprint density at radius 1 is 1.71 bits per heavy atom. The molecule has 0 saturated carbocycles. The van der Waals surface area contributed by atoms with Crippen LogP contribution in [0.1, 0.15) is 0 Å². The van der Waals surface area contributed by atoms with Crippen LogP contribution in [0.5, 0.6) is 0 Å². The molecule has 0 atom stereocenters. The molecule has 6 heteroatoms. The van der Waals surface area contributed by atoms with E-state index in [9.17, 15) is 4.79 Å². The first-order valence-electron chi connectivity index (χ1n) is 4.31. The largest absolute Gasteiger partial charge is 0.465 e. The van der Waals surface area contributed by atoms with Crippen LogP contribution in [0.25, 0.3) is 0 Å². The third-order valence-electron chi connectivity index (χ3n) is 2.27. The summed E-state index contributed by atoms with van der Waals surface area (Å²) in [5.74, 6) is 0.401. The molecule has 0 radical (unpaired) electrons. The van der Waals surface area contributed by atoms with Crippen molar-refractivity contribution in [3.05, 3.63) is 16.9 Å². The van der Waals surface area contributed by atoms with E-state index < -0.39 is 6.09 Å². The Hall–Kier alpha value is -1.04. The van der Waals surface area contributed by atoms with Crippen molar-refractivity contribution in [2.24, 2.45) is 5.92 Å². The molecule has 0 aliphatic carbocycles. The van der Waals surface area contributed by atoms with E-state index in [-0.39, 0.29) is 0 Å². The van der Waals surface area contributed by atoms with Gasteiger partial charge in [-0.3, -0.25) is 4.68 Å². The summed E-state index contributed by atoms with van der Waals surface area (Å²) >= 11 is 3.31. The fourth-order valence-electron chi connectivity index (χ4n) is 1.54. The Bertz CT molecular complexity index is 346. The number of likely N-dealkylation sites (tertiary alicyclic amines) is 1. The van der Waals surface area contributed by atoms with Crippen molar-refractivity contribution in [2.45, 2.75) is 6.54 Å². The van der Waals surface area contributed by atoms with Gasteiger partial charge in [-0.2, -0.15) is 5.10 Å². The minimum atomic E-state index is -0.831. The summed E-state index contributed by atoms with van der Waals surface area (Å²) < 4.78 is 2.78. The van der Waals surface area contributed by atoms with E-state index in [0.717, 1.165) is 11.0 Å². The Kier molecular flexibility index (Phi) is 2.45. The molecule has 2 heterocycles. The average molecular weight is 260 g/mol. The molecule has 0 unspecified atom stereocenters. The van der Waals surface area contributed by atoms with Gasteiger partial charge in [0.15, 0.2) is 0 Å². The van der Waals surface area contributed by atoms with Gasteiger partial charge in [0.25, 0.3) is 0 Å². The van der Waals surface area contributed by atoms with Crippen LogP contribution in [0, 0.1) is 5.92 Å². The number of amides is 1. The van der Waals surface area contributed by atoms with Crippen molar-refractivity contribution in [3.63, 3.8) is 0 Å². The van der Waals surface area contributed by atoms with Gasteiger partial charge in [0, 0.05) is 31.7 Å². The zero-order valence-electron chi connectivity index (χ0n) is 7.43. The van der Waals surface area contributed by atoms with Gasteiger partial charge in [-0.1, -0.05) is 0 Å². The highest BCUT2D eigenvalue weighted by Gasteiger charge is 2.30. The van der Waals surface area contributed by atoms with Gasteiger partial charge in [-0.05, 0) is 15.9 Å². The van der Waals surface area contributed by atoms with E-state index in [1.165, 1.54) is 4.90 Å². The van der Waals surface area contributed by atoms with Gasteiger partial charge in [0.2, 0.25) is 0 Å². The second-order valence-electron chi connectivity index (χ2n) is 3.43. The molecular weight excluding hydrogens is 250 g/mol. The maximum Gasteiger partial charge on any atom is 0.407 e. The highest BCUT2D eigenvalue weighted by Crippen LogP contribution is 2.18. The van der Waals surface area contributed by atoms with Crippen molar-refractivity contribution < 1.29 is 9.90 Å². The predicted molar refractivity (Wildman–Crippen MR) is 53.0 cm³/mol. The van der Waals surface area contributed by atoms with Gasteiger partial charge >= 0.3 is 6.09 Å². The Balaban J connectivity index is 1.82. The van der Waals surface area contributed by atoms with E-state index in [0.29, 0.717) is 19.0 Å². The molecule has 1 fully saturated rings. The SMILES string of the molecule is O=C(O)N1CC(Cn2cc(Br)cn2)C1. The highest BCUT2D eigenvalue weighted by molar-refractivity contribution is 9.10. The first-order chi connectivity index (χ1) is 6.65. The second kappa shape index (κ2) is 3.61. The summed E-state index contributed by atoms with van der Waals surface area (Å²) in [6, 6.07) is 0. The van der Waals surface area contributed by atoms with Crippen LogP contribution in [0.4, 0.5) is 4.79 Å². The molecular formula is C8H10BrN3O2. The minimum absolute atomic E-state index is 0.401. The Morgan fingerprint density at radius 3 is 2.93 bits per heavy atom. The maximum atomic E-state index is 10.5. The summed E-state index contributed by atoms with van der Waals surface area (Å²) in [6.07, 6.45) is 2.79. The summed E-state index contributed by atoms with van der Waals surface area (Å²) in [7, 11) is 0. The molecule has 1 N–H and O–H groups in total. The summed E-state index contributed by atoms with van der Waals surface area (Å²) in [5.41, 5.74) is 0. The molecule has 76 valence electrons. The van der Waals surface area contributed by atoms with Crippen molar-refractivity contribution >= 4 is 22.0 Å². The fourth-order valence-corrected chi connectivity index (χ4v) is 1.87. The van der Waals surface area contributed by atoms with Crippen LogP contribution >= 0.6 is 15.9 Å². The molecule has 1 aliphatic heterocycles. The number of hydrogen-bond donors (Lipinski definition) is 1. The number of halogens is 1. The Morgan fingerprint density at radius 2 is 2.43 bits per heavy atom. The minimum Gasteiger partial charge on any atom is -0.465 e. The van der Waals surface area contributed by atoms with Crippen molar-refractivity contribution in [2.75, 3.05) is 13.1 Å². The highest BCUT2D eigenvalue weighted by atomic mass is 79.9. The van der Waals surface area contributed by atoms with E-state index in [4.69, 9.17) is 5.11 Å². The van der Waals surface area contributed by atoms with Gasteiger partial charge in [0.1, 0.15) is 0 Å². The molecule has 1 saturated heterocycles. The lowest BCUT2D eigenvalue weighted by atomic mass is 10.0. The zero-order chi connectivity index (χ0) is 10.1. The van der Waals surface area contributed by atoms with Crippen molar-refractivity contribution in [1.82, 2.24) is 14.7 Å². The number of nitrogens with zero attached hydrogens (tertiary/aromatic N) is 3. The molecule has 1 aromatic rings. The molecule has 1 aromatic heterocycles. The molecule has 1 aliphatic rings. The number of carboxylic acid groups (broad SMARTS) is 1. The van der Waals surface area contributed by atoms with E-state index in [1.54, 1.807) is 6.20 Å². The van der Waals surface area contributed by atoms with Gasteiger partial charge in [0.05, 0.1) is 10.7 Å². The monoisotopic (exact) mass is 259 g/mol. The fraction of sp³-hybridized carbons (Fsp3) is 0.500. The molecule has 0 bridgehead atoms. The molecule has 0 aromatic carbocycles. The predicted octanol–water partition coefficient (Wildman–Crippen LogP) is 1.26. The van der Waals surface area contributed by atoms with Crippen LogP contribution in [0.3, 0.4) is 0 Å². The van der Waals surface area contributed by atoms with Crippen molar-refractivity contribution in [3.8, 4) is 0 Å². The summed E-state index contributed by atoms with van der Waals surface area (Å²) in [5, 5.41) is 12.7. The number of rotatable bonds is 2. The van der Waals surface area contributed by atoms with E-state index >= 15 is 0 Å². The third-order valence-corrected chi connectivity index (χ3v) is 2.68. The number of aromatic nitrogens is 2. The molecule has 1 amide bonds. The molecule has 14 heavy (non-hydrogen) atoms. The first-order valence-corrected chi connectivity index (χ1v) is 5.10. The smallest absolute Gasteiger partial charge is 0.407 e. The van der Waals surface area contributed by atoms with Gasteiger partial charge < -0.3 is 10.0 Å². The average Bonchev–Trinajstić information content (AvgIpc) is 2.42.